The van der Waals surface area contributed by atoms with Gasteiger partial charge < -0.3 is 9.90 Å². The molecule has 0 aliphatic carbocycles. The van der Waals surface area contributed by atoms with E-state index in [0.717, 1.165) is 12.0 Å². The SMILES string of the molecule is O=C([O-])C(=[C-]CCc1ccccc1)CCc1ccccc1.O=C=O.[Na+].[Na+]. The Hall–Kier alpha value is -0.970. The van der Waals surface area contributed by atoms with Crippen LogP contribution in [0.15, 0.2) is 66.2 Å². The number of carboxylic acid groups (broad SMARTS) is 1. The largest absolute Gasteiger partial charge is 1.00 e. The third kappa shape index (κ3) is 12.4. The summed E-state index contributed by atoms with van der Waals surface area (Å²) in [5.74, 6) is -1.11. The molecule has 124 valence electrons. The van der Waals surface area contributed by atoms with Crippen molar-refractivity contribution in [2.75, 3.05) is 0 Å². The van der Waals surface area contributed by atoms with Crippen molar-refractivity contribution in [3.63, 3.8) is 0 Å². The molecule has 0 aliphatic rings. The van der Waals surface area contributed by atoms with Crippen LogP contribution < -0.4 is 64.2 Å². The monoisotopic (exact) mass is 368 g/mol. The molecule has 6 heteroatoms. The fourth-order valence-corrected chi connectivity index (χ4v) is 2.18. The minimum absolute atomic E-state index is 0. The summed E-state index contributed by atoms with van der Waals surface area (Å²) in [7, 11) is 0. The minimum atomic E-state index is -1.11. The number of carbonyl (C=O) groups excluding carboxylic acids is 3. The molecule has 0 fully saturated rings. The van der Waals surface area contributed by atoms with Gasteiger partial charge in [-0.2, -0.15) is 9.59 Å². The first-order valence-electron chi connectivity index (χ1n) is 7.55. The van der Waals surface area contributed by atoms with Crippen LogP contribution in [0.2, 0.25) is 0 Å². The first-order chi connectivity index (χ1) is 11.7. The molecule has 0 aliphatic heterocycles. The second kappa shape index (κ2) is 17.4. The quantitative estimate of drug-likeness (QED) is 0.285. The molecule has 0 bridgehead atoms. The molecule has 2 aromatic carbocycles. The van der Waals surface area contributed by atoms with Crippen LogP contribution in [0.1, 0.15) is 24.0 Å². The Labute approximate surface area is 198 Å². The van der Waals surface area contributed by atoms with Crippen molar-refractivity contribution in [2.45, 2.75) is 25.7 Å². The van der Waals surface area contributed by atoms with E-state index in [4.69, 9.17) is 9.59 Å². The third-order valence-electron chi connectivity index (χ3n) is 3.35. The van der Waals surface area contributed by atoms with Gasteiger partial charge in [-0.15, -0.1) is 12.4 Å². The molecule has 4 nitrogen and oxygen atoms in total. The van der Waals surface area contributed by atoms with Gasteiger partial charge >= 0.3 is 65.3 Å². The number of carboxylic acids is 1. The molecule has 0 amide bonds. The maximum absolute atomic E-state index is 11.2. The zero-order chi connectivity index (χ0) is 17.6. The first kappa shape index (κ1) is 27.3. The molecule has 0 radical (unpaired) electrons. The van der Waals surface area contributed by atoms with Gasteiger partial charge in [-0.25, -0.2) is 5.57 Å². The Morgan fingerprint density at radius 1 is 0.846 bits per heavy atom. The molecule has 0 atom stereocenters. The predicted octanol–water partition coefficient (Wildman–Crippen LogP) is -3.84. The summed E-state index contributed by atoms with van der Waals surface area (Å²) in [5, 5.41) is 11.2. The third-order valence-corrected chi connectivity index (χ3v) is 3.35. The van der Waals surface area contributed by atoms with E-state index in [2.05, 4.69) is 6.08 Å². The summed E-state index contributed by atoms with van der Waals surface area (Å²) >= 11 is 0. The van der Waals surface area contributed by atoms with E-state index >= 15 is 0 Å². The zero-order valence-corrected chi connectivity index (χ0v) is 19.2. The van der Waals surface area contributed by atoms with Crippen molar-refractivity contribution < 1.29 is 78.6 Å². The number of benzene rings is 2. The molecule has 0 saturated carbocycles. The van der Waals surface area contributed by atoms with Crippen molar-refractivity contribution in [1.29, 1.82) is 0 Å². The summed E-state index contributed by atoms with van der Waals surface area (Å²) in [5.41, 5.74) is 2.58. The average molecular weight is 368 g/mol. The Balaban J connectivity index is 0. The van der Waals surface area contributed by atoms with Crippen LogP contribution in [0.3, 0.4) is 0 Å². The second-order valence-corrected chi connectivity index (χ2v) is 5.00. The maximum atomic E-state index is 11.2. The number of carbonyl (C=O) groups is 1. The van der Waals surface area contributed by atoms with Gasteiger partial charge in [0.25, 0.3) is 0 Å². The minimum Gasteiger partial charge on any atom is -0.658 e. The Bertz CT molecular complexity index is 679. The summed E-state index contributed by atoms with van der Waals surface area (Å²) in [6, 6.07) is 19.8. The van der Waals surface area contributed by atoms with Crippen molar-refractivity contribution in [2.24, 2.45) is 0 Å². The molecule has 0 saturated heterocycles. The summed E-state index contributed by atoms with van der Waals surface area (Å²) in [6.45, 7) is 0. The fraction of sp³-hybridized carbons (Fsp3) is 0.200. The molecule has 2 aromatic rings. The number of allylic oxidation sites excluding steroid dienone is 1. The van der Waals surface area contributed by atoms with Gasteiger partial charge in [-0.1, -0.05) is 67.1 Å². The first-order valence-corrected chi connectivity index (χ1v) is 7.55. The molecule has 0 spiro atoms. The number of aryl methyl sites for hydroxylation is 2. The zero-order valence-electron chi connectivity index (χ0n) is 15.2. The van der Waals surface area contributed by atoms with Crippen LogP contribution >= 0.6 is 0 Å². The normalized spacial score (nSPS) is 9.46. The number of rotatable bonds is 7. The molecule has 0 heterocycles. The van der Waals surface area contributed by atoms with E-state index in [-0.39, 0.29) is 70.8 Å². The summed E-state index contributed by atoms with van der Waals surface area (Å²) in [4.78, 5) is 27.4. The van der Waals surface area contributed by atoms with E-state index in [1.165, 1.54) is 5.56 Å². The topological polar surface area (TPSA) is 74.3 Å². The van der Waals surface area contributed by atoms with Crippen molar-refractivity contribution in [3.05, 3.63) is 83.4 Å². The number of hydrogen-bond donors (Lipinski definition) is 0. The summed E-state index contributed by atoms with van der Waals surface area (Å²) < 4.78 is 0. The molecular weight excluding hydrogens is 350 g/mol. The smallest absolute Gasteiger partial charge is 0.658 e. The van der Waals surface area contributed by atoms with Gasteiger partial charge in [0.15, 0.2) is 0 Å². The van der Waals surface area contributed by atoms with Crippen LogP contribution in [-0.4, -0.2) is 12.1 Å². The fourth-order valence-electron chi connectivity index (χ4n) is 2.18. The number of aliphatic carboxylic acids is 1. The Morgan fingerprint density at radius 2 is 1.27 bits per heavy atom. The van der Waals surface area contributed by atoms with Crippen molar-refractivity contribution >= 4 is 12.1 Å². The maximum Gasteiger partial charge on any atom is 1.00 e. The molecule has 0 aromatic heterocycles. The van der Waals surface area contributed by atoms with Gasteiger partial charge in [0.1, 0.15) is 0 Å². The van der Waals surface area contributed by atoms with E-state index in [1.54, 1.807) is 0 Å². The second-order valence-electron chi connectivity index (χ2n) is 5.00. The van der Waals surface area contributed by atoms with Crippen LogP contribution in [0.4, 0.5) is 0 Å². The van der Waals surface area contributed by atoms with Gasteiger partial charge in [-0.3, -0.25) is 6.08 Å². The van der Waals surface area contributed by atoms with Gasteiger partial charge in [0, 0.05) is 0 Å². The van der Waals surface area contributed by atoms with Crippen molar-refractivity contribution in [1.82, 2.24) is 0 Å². The van der Waals surface area contributed by atoms with Gasteiger partial charge in [0.2, 0.25) is 0 Å². The van der Waals surface area contributed by atoms with Crippen LogP contribution in [0, 0.1) is 6.08 Å². The Kier molecular flexibility index (Phi) is 18.3. The van der Waals surface area contributed by atoms with Gasteiger partial charge in [0.05, 0.1) is 0 Å². The van der Waals surface area contributed by atoms with Crippen LogP contribution in [0.25, 0.3) is 0 Å². The average Bonchev–Trinajstić information content (AvgIpc) is 2.60. The van der Waals surface area contributed by atoms with Gasteiger partial charge in [-0.05, 0) is 24.0 Å². The molecular formula is C20H18Na2O4. The van der Waals surface area contributed by atoms with Crippen LogP contribution in [0.5, 0.6) is 0 Å². The van der Waals surface area contributed by atoms with E-state index < -0.39 is 5.97 Å². The molecule has 0 N–H and O–H groups in total. The standard InChI is InChI=1S/C19H19O2.CO2.2Na/c20-19(21)18(15-14-17-10-5-2-6-11-17)13-7-12-16-8-3-1-4-9-16;2-1-3;;/h1-6,8-11H,7,12,14-15H2,(H,20,21);;;/q-1;;2*+1/p-1. The molecule has 26 heavy (non-hydrogen) atoms. The van der Waals surface area contributed by atoms with E-state index in [9.17, 15) is 9.90 Å². The predicted molar refractivity (Wildman–Crippen MR) is 86.3 cm³/mol. The molecule has 2 rings (SSSR count). The molecule has 0 unspecified atom stereocenters. The van der Waals surface area contributed by atoms with Crippen LogP contribution in [-0.2, 0) is 27.2 Å². The van der Waals surface area contributed by atoms with Crippen molar-refractivity contribution in [3.8, 4) is 0 Å². The number of hydrogen-bond acceptors (Lipinski definition) is 4. The summed E-state index contributed by atoms with van der Waals surface area (Å²) in [6.07, 6.45) is 5.79. The van der Waals surface area contributed by atoms with E-state index in [1.807, 2.05) is 60.7 Å². The van der Waals surface area contributed by atoms with E-state index in [0.29, 0.717) is 19.3 Å². The Morgan fingerprint density at radius 3 is 1.69 bits per heavy atom.